The molecule has 0 spiro atoms. The fourth-order valence-corrected chi connectivity index (χ4v) is 3.27. The third kappa shape index (κ3) is 6.03. The number of aliphatic carboxylic acids is 1. The van der Waals surface area contributed by atoms with Crippen LogP contribution in [0.25, 0.3) is 6.08 Å². The van der Waals surface area contributed by atoms with Crippen LogP contribution in [0.2, 0.25) is 0 Å². The Bertz CT molecular complexity index is 1080. The average molecular weight is 453 g/mol. The van der Waals surface area contributed by atoms with Crippen molar-refractivity contribution in [3.63, 3.8) is 0 Å². The van der Waals surface area contributed by atoms with Crippen LogP contribution in [-0.4, -0.2) is 37.7 Å². The number of carbonyl (C=O) groups is 3. The Balaban J connectivity index is 1.92. The molecule has 2 aromatic rings. The van der Waals surface area contributed by atoms with Gasteiger partial charge in [-0.15, -0.1) is 0 Å². The van der Waals surface area contributed by atoms with Gasteiger partial charge < -0.3 is 34.7 Å². The quantitative estimate of drug-likeness (QED) is 0.551. The summed E-state index contributed by atoms with van der Waals surface area (Å²) in [5, 5.41) is 16.5. The molecule has 33 heavy (non-hydrogen) atoms. The van der Waals surface area contributed by atoms with Crippen LogP contribution in [0.15, 0.2) is 48.2 Å². The van der Waals surface area contributed by atoms with E-state index in [1.54, 1.807) is 42.5 Å². The minimum atomic E-state index is -1.41. The lowest BCUT2D eigenvalue weighted by molar-refractivity contribution is -0.308. The monoisotopic (exact) mass is 453 g/mol. The molecule has 2 amide bonds. The highest BCUT2D eigenvalue weighted by molar-refractivity contribution is 6.07. The van der Waals surface area contributed by atoms with Gasteiger partial charge in [0.15, 0.2) is 11.5 Å². The molecule has 3 rings (SSSR count). The molecule has 0 bridgehead atoms. The van der Waals surface area contributed by atoms with Crippen LogP contribution in [0, 0.1) is 5.92 Å². The smallest absolute Gasteiger partial charge is 0.268 e. The van der Waals surface area contributed by atoms with Crippen LogP contribution in [-0.2, 0) is 9.59 Å². The molecule has 0 aliphatic carbocycles. The second kappa shape index (κ2) is 10.5. The van der Waals surface area contributed by atoms with Crippen LogP contribution < -0.4 is 30.0 Å². The fraction of sp³-hybridized carbons (Fsp3) is 0.292. The number of nitrogens with one attached hydrogen (secondary N) is 2. The summed E-state index contributed by atoms with van der Waals surface area (Å²) in [5.41, 5.74) is 0.599. The number of amides is 2. The number of carbonyl (C=O) groups excluding carboxylic acids is 3. The van der Waals surface area contributed by atoms with Crippen molar-refractivity contribution < 1.29 is 33.7 Å². The SMILES string of the molecule is COc1ccccc1C(=O)N/C(=C\c1ccc2c(c1)OCO2)C(=O)N[C@H](CC(C)C)C(=O)[O-]. The zero-order chi connectivity index (χ0) is 24.0. The first-order chi connectivity index (χ1) is 15.8. The van der Waals surface area contributed by atoms with E-state index in [0.29, 0.717) is 22.8 Å². The molecule has 0 fully saturated rings. The molecule has 0 radical (unpaired) electrons. The van der Waals surface area contributed by atoms with Crippen molar-refractivity contribution in [2.75, 3.05) is 13.9 Å². The van der Waals surface area contributed by atoms with Gasteiger partial charge in [0.25, 0.3) is 11.8 Å². The number of para-hydroxylation sites is 1. The summed E-state index contributed by atoms with van der Waals surface area (Å²) in [6, 6.07) is 10.3. The van der Waals surface area contributed by atoms with E-state index in [4.69, 9.17) is 14.2 Å². The van der Waals surface area contributed by atoms with Crippen molar-refractivity contribution >= 4 is 23.9 Å². The van der Waals surface area contributed by atoms with Gasteiger partial charge in [-0.25, -0.2) is 0 Å². The maximum atomic E-state index is 13.0. The Morgan fingerprint density at radius 1 is 1.12 bits per heavy atom. The van der Waals surface area contributed by atoms with E-state index in [2.05, 4.69) is 10.6 Å². The summed E-state index contributed by atoms with van der Waals surface area (Å²) < 4.78 is 15.9. The Hall–Kier alpha value is -4.01. The first-order valence-corrected chi connectivity index (χ1v) is 10.4. The maximum absolute atomic E-state index is 13.0. The molecule has 174 valence electrons. The Labute approximate surface area is 191 Å². The molecule has 9 nitrogen and oxygen atoms in total. The lowest BCUT2D eigenvalue weighted by atomic mass is 10.0. The minimum absolute atomic E-state index is 0.00217. The Kier molecular flexibility index (Phi) is 7.55. The largest absolute Gasteiger partial charge is 0.548 e. The number of benzene rings is 2. The van der Waals surface area contributed by atoms with Gasteiger partial charge in [0.1, 0.15) is 11.4 Å². The fourth-order valence-electron chi connectivity index (χ4n) is 3.27. The topological polar surface area (TPSA) is 126 Å². The van der Waals surface area contributed by atoms with Crippen molar-refractivity contribution in [2.45, 2.75) is 26.3 Å². The Morgan fingerprint density at radius 2 is 1.85 bits per heavy atom. The van der Waals surface area contributed by atoms with Crippen LogP contribution in [0.1, 0.15) is 36.2 Å². The van der Waals surface area contributed by atoms with Gasteiger partial charge in [0, 0.05) is 0 Å². The average Bonchev–Trinajstić information content (AvgIpc) is 3.25. The van der Waals surface area contributed by atoms with Crippen molar-refractivity contribution in [2.24, 2.45) is 5.92 Å². The van der Waals surface area contributed by atoms with Crippen LogP contribution in [0.4, 0.5) is 0 Å². The molecular formula is C24H25N2O7-. The van der Waals surface area contributed by atoms with Gasteiger partial charge >= 0.3 is 0 Å². The third-order valence-corrected chi connectivity index (χ3v) is 4.85. The van der Waals surface area contributed by atoms with E-state index in [1.165, 1.54) is 13.2 Å². The van der Waals surface area contributed by atoms with E-state index < -0.39 is 23.8 Å². The number of carboxylic acids is 1. The zero-order valence-electron chi connectivity index (χ0n) is 18.5. The third-order valence-electron chi connectivity index (χ3n) is 4.85. The highest BCUT2D eigenvalue weighted by Crippen LogP contribution is 2.33. The molecule has 9 heteroatoms. The van der Waals surface area contributed by atoms with Crippen molar-refractivity contribution in [3.8, 4) is 17.2 Å². The predicted octanol–water partition coefficient (Wildman–Crippen LogP) is 1.48. The van der Waals surface area contributed by atoms with E-state index in [9.17, 15) is 19.5 Å². The van der Waals surface area contributed by atoms with E-state index in [1.807, 2.05) is 13.8 Å². The molecule has 0 saturated carbocycles. The number of ether oxygens (including phenoxy) is 3. The molecule has 1 aliphatic rings. The highest BCUT2D eigenvalue weighted by atomic mass is 16.7. The normalized spacial score (nSPS) is 13.4. The Morgan fingerprint density at radius 3 is 2.55 bits per heavy atom. The minimum Gasteiger partial charge on any atom is -0.548 e. The molecule has 2 N–H and O–H groups in total. The number of carboxylic acid groups (broad SMARTS) is 1. The highest BCUT2D eigenvalue weighted by Gasteiger charge is 2.22. The molecule has 0 unspecified atom stereocenters. The van der Waals surface area contributed by atoms with E-state index >= 15 is 0 Å². The molecule has 1 heterocycles. The summed E-state index contributed by atoms with van der Waals surface area (Å²) >= 11 is 0. The lowest BCUT2D eigenvalue weighted by Crippen LogP contribution is -2.50. The van der Waals surface area contributed by atoms with Crippen LogP contribution >= 0.6 is 0 Å². The van der Waals surface area contributed by atoms with E-state index in [-0.39, 0.29) is 30.4 Å². The molecule has 1 aliphatic heterocycles. The van der Waals surface area contributed by atoms with Crippen molar-refractivity contribution in [3.05, 3.63) is 59.3 Å². The zero-order valence-corrected chi connectivity index (χ0v) is 18.5. The molecular weight excluding hydrogens is 428 g/mol. The van der Waals surface area contributed by atoms with Crippen molar-refractivity contribution in [1.82, 2.24) is 10.6 Å². The first-order valence-electron chi connectivity index (χ1n) is 10.4. The van der Waals surface area contributed by atoms with Gasteiger partial charge in [-0.2, -0.15) is 0 Å². The molecule has 2 aromatic carbocycles. The van der Waals surface area contributed by atoms with Crippen molar-refractivity contribution in [1.29, 1.82) is 0 Å². The number of rotatable bonds is 9. The summed E-state index contributed by atoms with van der Waals surface area (Å²) in [5.74, 6) is -1.40. The van der Waals surface area contributed by atoms with Gasteiger partial charge in [-0.3, -0.25) is 9.59 Å². The number of hydrogen-bond acceptors (Lipinski definition) is 7. The summed E-state index contributed by atoms with van der Waals surface area (Å²) in [6.07, 6.45) is 1.60. The summed E-state index contributed by atoms with van der Waals surface area (Å²) in [7, 11) is 1.43. The molecule has 0 saturated heterocycles. The predicted molar refractivity (Wildman–Crippen MR) is 117 cm³/mol. The molecule has 1 atom stereocenters. The second-order valence-corrected chi connectivity index (χ2v) is 7.80. The second-order valence-electron chi connectivity index (χ2n) is 7.80. The number of hydrogen-bond donors (Lipinski definition) is 2. The summed E-state index contributed by atoms with van der Waals surface area (Å²) in [4.78, 5) is 37.5. The number of methoxy groups -OCH3 is 1. The van der Waals surface area contributed by atoms with Gasteiger partial charge in [-0.1, -0.05) is 32.0 Å². The van der Waals surface area contributed by atoms with Crippen LogP contribution in [0.3, 0.4) is 0 Å². The maximum Gasteiger partial charge on any atom is 0.268 e. The number of fused-ring (bicyclic) bond motifs is 1. The molecule has 0 aromatic heterocycles. The standard InChI is InChI=1S/C24H26N2O7/c1-14(2)10-18(24(29)30)26-23(28)17(11-15-8-9-20-21(12-15)33-13-32-20)25-22(27)16-6-4-5-7-19(16)31-3/h4-9,11-12,14,18H,10,13H2,1-3H3,(H,25,27)(H,26,28)(H,29,30)/p-1/b17-11-/t18-/m1/s1. The van der Waals surface area contributed by atoms with Gasteiger partial charge in [0.2, 0.25) is 6.79 Å². The van der Waals surface area contributed by atoms with E-state index in [0.717, 1.165) is 0 Å². The van der Waals surface area contributed by atoms with Gasteiger partial charge in [0.05, 0.1) is 24.7 Å². The van der Waals surface area contributed by atoms with Crippen LogP contribution in [0.5, 0.6) is 17.2 Å². The van der Waals surface area contributed by atoms with Gasteiger partial charge in [-0.05, 0) is 48.2 Å². The summed E-state index contributed by atoms with van der Waals surface area (Å²) in [6.45, 7) is 3.74. The first kappa shape index (κ1) is 23.6. The lowest BCUT2D eigenvalue weighted by Gasteiger charge is -2.22.